The standard InChI is InChI=1S/C16H9F3OS/c17-11-3-4-15-10(5-11)7-16(21-15)14(20)6-9-1-2-12(18)8-13(9)19/h1-5,7-8H,6H2. The number of fused-ring (bicyclic) bond motifs is 1. The van der Waals surface area contributed by atoms with E-state index in [1.165, 1.54) is 29.5 Å². The molecule has 1 aromatic heterocycles. The van der Waals surface area contributed by atoms with E-state index in [0.29, 0.717) is 10.3 Å². The second-order valence-electron chi connectivity index (χ2n) is 4.63. The summed E-state index contributed by atoms with van der Waals surface area (Å²) >= 11 is 1.23. The molecular weight excluding hydrogens is 297 g/mol. The summed E-state index contributed by atoms with van der Waals surface area (Å²) < 4.78 is 40.3. The van der Waals surface area contributed by atoms with Crippen LogP contribution in [-0.4, -0.2) is 5.78 Å². The highest BCUT2D eigenvalue weighted by molar-refractivity contribution is 7.20. The molecule has 1 heterocycles. The number of Topliss-reactive ketones (excluding diaryl/α,β-unsaturated/α-hetero) is 1. The van der Waals surface area contributed by atoms with Gasteiger partial charge in [-0.25, -0.2) is 13.2 Å². The third kappa shape index (κ3) is 2.83. The van der Waals surface area contributed by atoms with Crippen LogP contribution in [0, 0.1) is 17.5 Å². The van der Waals surface area contributed by atoms with Crippen molar-refractivity contribution < 1.29 is 18.0 Å². The van der Waals surface area contributed by atoms with E-state index in [9.17, 15) is 18.0 Å². The SMILES string of the molecule is O=C(Cc1ccc(F)cc1F)c1cc2cc(F)ccc2s1. The third-order valence-electron chi connectivity index (χ3n) is 3.12. The minimum Gasteiger partial charge on any atom is -0.293 e. The van der Waals surface area contributed by atoms with Gasteiger partial charge in [0.05, 0.1) is 4.88 Å². The van der Waals surface area contributed by atoms with Gasteiger partial charge in [-0.1, -0.05) is 6.07 Å². The zero-order valence-electron chi connectivity index (χ0n) is 10.7. The molecule has 3 aromatic rings. The summed E-state index contributed by atoms with van der Waals surface area (Å²) in [4.78, 5) is 12.6. The van der Waals surface area contributed by atoms with E-state index in [1.54, 1.807) is 12.1 Å². The molecular formula is C16H9F3OS. The Hall–Kier alpha value is -2.14. The predicted octanol–water partition coefficient (Wildman–Crippen LogP) is 4.74. The highest BCUT2D eigenvalue weighted by atomic mass is 32.1. The van der Waals surface area contributed by atoms with Gasteiger partial charge in [0.25, 0.3) is 0 Å². The number of carbonyl (C=O) groups is 1. The fourth-order valence-corrected chi connectivity index (χ4v) is 3.06. The molecule has 106 valence electrons. The number of benzene rings is 2. The van der Waals surface area contributed by atoms with Crippen LogP contribution >= 0.6 is 11.3 Å². The molecule has 5 heteroatoms. The fraction of sp³-hybridized carbons (Fsp3) is 0.0625. The van der Waals surface area contributed by atoms with Crippen LogP contribution in [0.25, 0.3) is 10.1 Å². The van der Waals surface area contributed by atoms with Gasteiger partial charge in [-0.3, -0.25) is 4.79 Å². The van der Waals surface area contributed by atoms with Crippen molar-refractivity contribution in [1.82, 2.24) is 0 Å². The maximum Gasteiger partial charge on any atom is 0.177 e. The molecule has 0 saturated heterocycles. The molecule has 0 aliphatic carbocycles. The van der Waals surface area contributed by atoms with Crippen LogP contribution in [0.2, 0.25) is 0 Å². The van der Waals surface area contributed by atoms with Gasteiger partial charge in [0.1, 0.15) is 17.5 Å². The molecule has 0 saturated carbocycles. The van der Waals surface area contributed by atoms with E-state index < -0.39 is 11.6 Å². The van der Waals surface area contributed by atoms with Gasteiger partial charge in [0, 0.05) is 17.2 Å². The van der Waals surface area contributed by atoms with Gasteiger partial charge in [0.2, 0.25) is 0 Å². The number of hydrogen-bond donors (Lipinski definition) is 0. The van der Waals surface area contributed by atoms with E-state index >= 15 is 0 Å². The molecule has 0 N–H and O–H groups in total. The van der Waals surface area contributed by atoms with Crippen LogP contribution in [0.3, 0.4) is 0 Å². The highest BCUT2D eigenvalue weighted by Gasteiger charge is 2.14. The monoisotopic (exact) mass is 306 g/mol. The maximum atomic E-state index is 13.5. The van der Waals surface area contributed by atoms with E-state index in [1.807, 2.05) is 0 Å². The van der Waals surface area contributed by atoms with Crippen molar-refractivity contribution in [3.63, 3.8) is 0 Å². The first kappa shape index (κ1) is 13.8. The second-order valence-corrected chi connectivity index (χ2v) is 5.71. The molecule has 0 unspecified atom stereocenters. The number of carbonyl (C=O) groups excluding carboxylic acids is 1. The average molecular weight is 306 g/mol. The Morgan fingerprint density at radius 3 is 2.43 bits per heavy atom. The number of thiophene rings is 1. The van der Waals surface area contributed by atoms with Gasteiger partial charge in [-0.15, -0.1) is 11.3 Å². The van der Waals surface area contributed by atoms with E-state index in [-0.39, 0.29) is 23.6 Å². The van der Waals surface area contributed by atoms with Crippen LogP contribution in [-0.2, 0) is 6.42 Å². The van der Waals surface area contributed by atoms with Crippen LogP contribution in [0.4, 0.5) is 13.2 Å². The Morgan fingerprint density at radius 2 is 1.67 bits per heavy atom. The van der Waals surface area contributed by atoms with E-state index in [2.05, 4.69) is 0 Å². The molecule has 0 bridgehead atoms. The number of ketones is 1. The van der Waals surface area contributed by atoms with E-state index in [4.69, 9.17) is 0 Å². The number of hydrogen-bond acceptors (Lipinski definition) is 2. The Morgan fingerprint density at radius 1 is 0.952 bits per heavy atom. The van der Waals surface area contributed by atoms with E-state index in [0.717, 1.165) is 16.8 Å². The van der Waals surface area contributed by atoms with Gasteiger partial charge >= 0.3 is 0 Å². The first-order valence-electron chi connectivity index (χ1n) is 6.19. The van der Waals surface area contributed by atoms with Crippen molar-refractivity contribution in [2.24, 2.45) is 0 Å². The normalized spacial score (nSPS) is 11.0. The number of rotatable bonds is 3. The average Bonchev–Trinajstić information content (AvgIpc) is 2.85. The maximum absolute atomic E-state index is 13.5. The summed E-state index contributed by atoms with van der Waals surface area (Å²) in [6.07, 6.45) is -0.151. The molecule has 0 aliphatic rings. The third-order valence-corrected chi connectivity index (χ3v) is 4.28. The van der Waals surface area contributed by atoms with Gasteiger partial charge in [0.15, 0.2) is 5.78 Å². The summed E-state index contributed by atoms with van der Waals surface area (Å²) in [5.41, 5.74) is 0.144. The summed E-state index contributed by atoms with van der Waals surface area (Å²) in [7, 11) is 0. The molecule has 0 spiro atoms. The van der Waals surface area contributed by atoms with Crippen molar-refractivity contribution in [3.05, 3.63) is 70.4 Å². The van der Waals surface area contributed by atoms with Crippen molar-refractivity contribution in [2.75, 3.05) is 0 Å². The Labute approximate surface area is 122 Å². The molecule has 0 fully saturated rings. The molecule has 3 rings (SSSR count). The first-order valence-corrected chi connectivity index (χ1v) is 7.01. The lowest BCUT2D eigenvalue weighted by molar-refractivity contribution is 0.0995. The van der Waals surface area contributed by atoms with Crippen LogP contribution in [0.5, 0.6) is 0 Å². The van der Waals surface area contributed by atoms with Crippen molar-refractivity contribution in [3.8, 4) is 0 Å². The minimum atomic E-state index is -0.740. The fourth-order valence-electron chi connectivity index (χ4n) is 2.08. The van der Waals surface area contributed by atoms with Gasteiger partial charge in [-0.2, -0.15) is 0 Å². The van der Waals surface area contributed by atoms with Gasteiger partial charge < -0.3 is 0 Å². The molecule has 0 radical (unpaired) electrons. The number of halogens is 3. The highest BCUT2D eigenvalue weighted by Crippen LogP contribution is 2.27. The van der Waals surface area contributed by atoms with Crippen molar-refractivity contribution >= 4 is 27.2 Å². The first-order chi connectivity index (χ1) is 10.0. The second kappa shape index (κ2) is 5.33. The summed E-state index contributed by atoms with van der Waals surface area (Å²) in [6, 6.07) is 9.00. The molecule has 0 amide bonds. The zero-order valence-corrected chi connectivity index (χ0v) is 11.5. The quantitative estimate of drug-likeness (QED) is 0.639. The Kier molecular flexibility index (Phi) is 3.51. The summed E-state index contributed by atoms with van der Waals surface area (Å²) in [5, 5.41) is 0.642. The molecule has 0 aliphatic heterocycles. The largest absolute Gasteiger partial charge is 0.293 e. The molecule has 0 atom stereocenters. The smallest absolute Gasteiger partial charge is 0.177 e. The van der Waals surface area contributed by atoms with Crippen molar-refractivity contribution in [1.29, 1.82) is 0 Å². The molecule has 21 heavy (non-hydrogen) atoms. The lowest BCUT2D eigenvalue weighted by Gasteiger charge is -2.01. The van der Waals surface area contributed by atoms with Crippen LogP contribution < -0.4 is 0 Å². The summed E-state index contributed by atoms with van der Waals surface area (Å²) in [6.45, 7) is 0. The Bertz CT molecular complexity index is 839. The predicted molar refractivity (Wildman–Crippen MR) is 76.2 cm³/mol. The van der Waals surface area contributed by atoms with Crippen LogP contribution in [0.1, 0.15) is 15.2 Å². The minimum absolute atomic E-state index is 0.144. The molecule has 2 aromatic carbocycles. The Balaban J connectivity index is 1.89. The summed E-state index contributed by atoms with van der Waals surface area (Å²) in [5.74, 6) is -2.07. The van der Waals surface area contributed by atoms with Crippen LogP contribution in [0.15, 0.2) is 42.5 Å². The lowest BCUT2D eigenvalue weighted by Crippen LogP contribution is -2.03. The topological polar surface area (TPSA) is 17.1 Å². The van der Waals surface area contributed by atoms with Gasteiger partial charge in [-0.05, 0) is 41.3 Å². The van der Waals surface area contributed by atoms with Crippen molar-refractivity contribution in [2.45, 2.75) is 6.42 Å². The lowest BCUT2D eigenvalue weighted by atomic mass is 10.1. The zero-order chi connectivity index (χ0) is 15.0. The molecule has 1 nitrogen and oxygen atoms in total.